The van der Waals surface area contributed by atoms with Crippen molar-refractivity contribution in [2.45, 2.75) is 18.4 Å². The molecule has 5 nitrogen and oxygen atoms in total. The topological polar surface area (TPSA) is 66.5 Å². The minimum absolute atomic E-state index is 0.0714. The molecule has 0 fully saturated rings. The van der Waals surface area contributed by atoms with Gasteiger partial charge < -0.3 is 5.32 Å². The number of hydrogen-bond acceptors (Lipinski definition) is 4. The molecule has 0 atom stereocenters. The second-order valence-electron chi connectivity index (χ2n) is 5.13. The Balaban J connectivity index is 2.21. The van der Waals surface area contributed by atoms with Gasteiger partial charge in [0.2, 0.25) is 10.0 Å². The average Bonchev–Trinajstić information content (AvgIpc) is 2.90. The highest BCUT2D eigenvalue weighted by Crippen LogP contribution is 2.25. The van der Waals surface area contributed by atoms with Crippen LogP contribution in [0.1, 0.15) is 20.1 Å². The minimum atomic E-state index is -3.62. The molecule has 0 radical (unpaired) electrons. The lowest BCUT2D eigenvalue weighted by Gasteiger charge is -2.14. The standard InChI is InChI=1S/C15H17BrN2O3S2/c1-10-4-6-12(22-10)9-17-15(19)11-5-7-13(16)14(8-11)23(20,21)18(2)3/h4-8H,9H2,1-3H3,(H,17,19). The summed E-state index contributed by atoms with van der Waals surface area (Å²) in [6.07, 6.45) is 0. The predicted octanol–water partition coefficient (Wildman–Crippen LogP) is 3.00. The number of amides is 1. The van der Waals surface area contributed by atoms with E-state index in [1.165, 1.54) is 25.0 Å². The fraction of sp³-hybridized carbons (Fsp3) is 0.267. The largest absolute Gasteiger partial charge is 0.347 e. The minimum Gasteiger partial charge on any atom is -0.347 e. The summed E-state index contributed by atoms with van der Waals surface area (Å²) in [6.45, 7) is 2.42. The monoisotopic (exact) mass is 416 g/mol. The Labute approximate surface area is 148 Å². The number of nitrogens with zero attached hydrogens (tertiary/aromatic N) is 1. The lowest BCUT2D eigenvalue weighted by atomic mass is 10.2. The molecule has 1 aromatic carbocycles. The number of rotatable bonds is 5. The Hall–Kier alpha value is -1.22. The zero-order valence-corrected chi connectivity index (χ0v) is 16.2. The van der Waals surface area contributed by atoms with Gasteiger partial charge in [-0.1, -0.05) is 0 Å². The van der Waals surface area contributed by atoms with E-state index in [2.05, 4.69) is 21.2 Å². The van der Waals surface area contributed by atoms with Crippen LogP contribution in [0.5, 0.6) is 0 Å². The third-order valence-electron chi connectivity index (χ3n) is 3.17. The van der Waals surface area contributed by atoms with Crippen molar-refractivity contribution in [1.82, 2.24) is 9.62 Å². The van der Waals surface area contributed by atoms with E-state index in [9.17, 15) is 13.2 Å². The molecule has 2 rings (SSSR count). The van der Waals surface area contributed by atoms with Gasteiger partial charge >= 0.3 is 0 Å². The SMILES string of the molecule is Cc1ccc(CNC(=O)c2ccc(Br)c(S(=O)(=O)N(C)C)c2)s1. The van der Waals surface area contributed by atoms with Crippen molar-refractivity contribution >= 4 is 43.2 Å². The summed E-state index contributed by atoms with van der Waals surface area (Å²) in [4.78, 5) is 14.6. The van der Waals surface area contributed by atoms with Gasteiger partial charge in [-0.2, -0.15) is 0 Å². The molecule has 0 aliphatic carbocycles. The highest BCUT2D eigenvalue weighted by molar-refractivity contribution is 9.10. The number of sulfonamides is 1. The van der Waals surface area contributed by atoms with Gasteiger partial charge in [-0.25, -0.2) is 12.7 Å². The van der Waals surface area contributed by atoms with Crippen LogP contribution in [0.2, 0.25) is 0 Å². The maximum Gasteiger partial charge on any atom is 0.251 e. The van der Waals surface area contributed by atoms with E-state index in [1.807, 2.05) is 19.1 Å². The van der Waals surface area contributed by atoms with Gasteiger partial charge in [-0.3, -0.25) is 4.79 Å². The predicted molar refractivity (Wildman–Crippen MR) is 95.2 cm³/mol. The summed E-state index contributed by atoms with van der Waals surface area (Å²) in [5.74, 6) is -0.307. The Morgan fingerprint density at radius 3 is 2.52 bits per heavy atom. The molecule has 23 heavy (non-hydrogen) atoms. The molecule has 8 heteroatoms. The zero-order chi connectivity index (χ0) is 17.2. The summed E-state index contributed by atoms with van der Waals surface area (Å²) < 4.78 is 26.1. The molecule has 0 unspecified atom stereocenters. The number of carbonyl (C=O) groups excluding carboxylic acids is 1. The van der Waals surface area contributed by atoms with Crippen LogP contribution in [-0.2, 0) is 16.6 Å². The van der Waals surface area contributed by atoms with Crippen LogP contribution in [0.3, 0.4) is 0 Å². The van der Waals surface area contributed by atoms with E-state index >= 15 is 0 Å². The quantitative estimate of drug-likeness (QED) is 0.814. The fourth-order valence-electron chi connectivity index (χ4n) is 1.89. The first-order chi connectivity index (χ1) is 10.7. The summed E-state index contributed by atoms with van der Waals surface area (Å²) in [5.41, 5.74) is 0.307. The van der Waals surface area contributed by atoms with Crippen molar-refractivity contribution in [3.8, 4) is 0 Å². The first kappa shape index (κ1) is 18.1. The summed E-state index contributed by atoms with van der Waals surface area (Å²) in [6, 6.07) is 8.50. The molecule has 124 valence electrons. The molecule has 0 bridgehead atoms. The normalized spacial score (nSPS) is 11.7. The molecule has 0 spiro atoms. The Morgan fingerprint density at radius 2 is 1.96 bits per heavy atom. The first-order valence-electron chi connectivity index (χ1n) is 6.77. The molecule has 0 aliphatic rings. The van der Waals surface area contributed by atoms with E-state index in [4.69, 9.17) is 0 Å². The molecule has 1 N–H and O–H groups in total. The van der Waals surface area contributed by atoms with E-state index in [0.29, 0.717) is 16.6 Å². The van der Waals surface area contributed by atoms with Crippen LogP contribution in [0.15, 0.2) is 39.7 Å². The van der Waals surface area contributed by atoms with E-state index in [0.717, 1.165) is 9.18 Å². The second kappa shape index (κ2) is 7.12. The van der Waals surface area contributed by atoms with Crippen molar-refractivity contribution in [3.05, 3.63) is 50.1 Å². The summed E-state index contributed by atoms with van der Waals surface area (Å²) >= 11 is 4.84. The maximum atomic E-state index is 12.3. The number of aryl methyl sites for hydroxylation is 1. The fourth-order valence-corrected chi connectivity index (χ4v) is 4.56. The molecule has 0 saturated carbocycles. The molecule has 2 aromatic rings. The Morgan fingerprint density at radius 1 is 1.26 bits per heavy atom. The van der Waals surface area contributed by atoms with Crippen molar-refractivity contribution < 1.29 is 13.2 Å². The van der Waals surface area contributed by atoms with Gasteiger partial charge in [0.1, 0.15) is 0 Å². The first-order valence-corrected chi connectivity index (χ1v) is 9.82. The number of halogens is 1. The van der Waals surface area contributed by atoms with E-state index < -0.39 is 10.0 Å². The molecule has 0 saturated heterocycles. The van der Waals surface area contributed by atoms with Gasteiger partial charge in [0.25, 0.3) is 5.91 Å². The summed E-state index contributed by atoms with van der Waals surface area (Å²) in [5, 5.41) is 2.80. The van der Waals surface area contributed by atoms with E-state index in [-0.39, 0.29) is 10.8 Å². The van der Waals surface area contributed by atoms with Crippen LogP contribution in [0.4, 0.5) is 0 Å². The highest BCUT2D eigenvalue weighted by Gasteiger charge is 2.22. The van der Waals surface area contributed by atoms with Gasteiger partial charge in [-0.05, 0) is 53.2 Å². The van der Waals surface area contributed by atoms with Crippen LogP contribution in [0, 0.1) is 6.92 Å². The number of thiophene rings is 1. The van der Waals surface area contributed by atoms with E-state index in [1.54, 1.807) is 23.5 Å². The molecule has 0 aliphatic heterocycles. The Kier molecular flexibility index (Phi) is 5.61. The summed E-state index contributed by atoms with van der Waals surface area (Å²) in [7, 11) is -0.715. The lowest BCUT2D eigenvalue weighted by Crippen LogP contribution is -2.25. The van der Waals surface area contributed by atoms with Crippen molar-refractivity contribution in [2.75, 3.05) is 14.1 Å². The van der Waals surface area contributed by atoms with Gasteiger partial charge in [0.15, 0.2) is 0 Å². The molecular formula is C15H17BrN2O3S2. The lowest BCUT2D eigenvalue weighted by molar-refractivity contribution is 0.0951. The van der Waals surface area contributed by atoms with Crippen molar-refractivity contribution in [2.24, 2.45) is 0 Å². The Bertz CT molecular complexity index is 829. The van der Waals surface area contributed by atoms with Crippen LogP contribution in [-0.4, -0.2) is 32.7 Å². The average molecular weight is 417 g/mol. The highest BCUT2D eigenvalue weighted by atomic mass is 79.9. The third kappa shape index (κ3) is 4.20. The van der Waals surface area contributed by atoms with Gasteiger partial charge in [-0.15, -0.1) is 11.3 Å². The zero-order valence-electron chi connectivity index (χ0n) is 13.0. The molecule has 1 heterocycles. The number of benzene rings is 1. The molecule has 1 amide bonds. The van der Waals surface area contributed by atoms with Crippen LogP contribution >= 0.6 is 27.3 Å². The number of hydrogen-bond donors (Lipinski definition) is 1. The number of carbonyl (C=O) groups is 1. The molecule has 1 aromatic heterocycles. The maximum absolute atomic E-state index is 12.3. The second-order valence-corrected chi connectivity index (χ2v) is 9.47. The van der Waals surface area contributed by atoms with Crippen LogP contribution < -0.4 is 5.32 Å². The van der Waals surface area contributed by atoms with Gasteiger partial charge in [0, 0.05) is 33.9 Å². The van der Waals surface area contributed by atoms with Crippen LogP contribution in [0.25, 0.3) is 0 Å². The number of nitrogens with one attached hydrogen (secondary N) is 1. The third-order valence-corrected chi connectivity index (χ3v) is 6.98. The van der Waals surface area contributed by atoms with Crippen molar-refractivity contribution in [3.63, 3.8) is 0 Å². The molecular weight excluding hydrogens is 400 g/mol. The van der Waals surface area contributed by atoms with Crippen molar-refractivity contribution in [1.29, 1.82) is 0 Å². The smallest absolute Gasteiger partial charge is 0.251 e. The van der Waals surface area contributed by atoms with Gasteiger partial charge in [0.05, 0.1) is 11.4 Å².